The highest BCUT2D eigenvalue weighted by Gasteiger charge is 2.23. The zero-order valence-corrected chi connectivity index (χ0v) is 13.7. The van der Waals surface area contributed by atoms with Crippen molar-refractivity contribution in [3.8, 4) is 11.1 Å². The van der Waals surface area contributed by atoms with Gasteiger partial charge in [0.1, 0.15) is 5.82 Å². The van der Waals surface area contributed by atoms with Gasteiger partial charge in [0.05, 0.1) is 6.10 Å². The second kappa shape index (κ2) is 7.45. The van der Waals surface area contributed by atoms with Crippen LogP contribution in [-0.2, 0) is 4.74 Å². The molecule has 0 spiro atoms. The number of urea groups is 1. The van der Waals surface area contributed by atoms with Crippen LogP contribution in [0.1, 0.15) is 12.8 Å². The first-order chi connectivity index (χ1) is 11.7. The Balaban J connectivity index is 1.70. The van der Waals surface area contributed by atoms with Crippen LogP contribution >= 0.6 is 0 Å². The van der Waals surface area contributed by atoms with E-state index in [4.69, 9.17) is 4.74 Å². The Kier molecular flexibility index (Phi) is 5.11. The standard InChI is InChI=1S/C19H21FN2O2/c1-24-18-6-3-11-22(13-18)19(23)21-17-5-2-4-15(12-17)14-7-9-16(20)10-8-14/h2,4-5,7-10,12,18H,3,6,11,13H2,1H3,(H,21,23)/t18-/m0/s1. The van der Waals surface area contributed by atoms with Crippen molar-refractivity contribution < 1.29 is 13.9 Å². The normalized spacial score (nSPS) is 17.6. The van der Waals surface area contributed by atoms with Crippen LogP contribution in [-0.4, -0.2) is 37.2 Å². The van der Waals surface area contributed by atoms with Gasteiger partial charge in [-0.1, -0.05) is 24.3 Å². The molecule has 3 rings (SSSR count). The van der Waals surface area contributed by atoms with E-state index < -0.39 is 0 Å². The Hall–Kier alpha value is -2.40. The summed E-state index contributed by atoms with van der Waals surface area (Å²) in [6, 6.07) is 13.7. The number of rotatable bonds is 3. The largest absolute Gasteiger partial charge is 0.380 e. The highest BCUT2D eigenvalue weighted by Crippen LogP contribution is 2.23. The van der Waals surface area contributed by atoms with Crippen LogP contribution in [0.5, 0.6) is 0 Å². The van der Waals surface area contributed by atoms with Gasteiger partial charge in [-0.2, -0.15) is 0 Å². The van der Waals surface area contributed by atoms with Crippen LogP contribution in [0.2, 0.25) is 0 Å². The molecule has 0 unspecified atom stereocenters. The lowest BCUT2D eigenvalue weighted by Crippen LogP contribution is -2.44. The Morgan fingerprint density at radius 2 is 2.00 bits per heavy atom. The molecule has 1 aliphatic rings. The number of carbonyl (C=O) groups excluding carboxylic acids is 1. The van der Waals surface area contributed by atoms with Crippen molar-refractivity contribution in [3.63, 3.8) is 0 Å². The number of amides is 2. The van der Waals surface area contributed by atoms with E-state index in [0.717, 1.165) is 36.2 Å². The van der Waals surface area contributed by atoms with E-state index in [1.54, 1.807) is 24.1 Å². The maximum Gasteiger partial charge on any atom is 0.321 e. The van der Waals surface area contributed by atoms with E-state index in [1.165, 1.54) is 12.1 Å². The van der Waals surface area contributed by atoms with Gasteiger partial charge in [-0.25, -0.2) is 9.18 Å². The lowest BCUT2D eigenvalue weighted by atomic mass is 10.1. The minimum absolute atomic E-state index is 0.107. The van der Waals surface area contributed by atoms with E-state index in [0.29, 0.717) is 6.54 Å². The van der Waals surface area contributed by atoms with Gasteiger partial charge in [-0.15, -0.1) is 0 Å². The van der Waals surface area contributed by atoms with Gasteiger partial charge in [-0.05, 0) is 48.2 Å². The fourth-order valence-corrected chi connectivity index (χ4v) is 2.94. The molecule has 1 fully saturated rings. The summed E-state index contributed by atoms with van der Waals surface area (Å²) in [5, 5.41) is 2.94. The van der Waals surface area contributed by atoms with E-state index in [-0.39, 0.29) is 18.0 Å². The molecule has 4 nitrogen and oxygen atoms in total. The summed E-state index contributed by atoms with van der Waals surface area (Å²) in [6.45, 7) is 1.35. The van der Waals surface area contributed by atoms with E-state index >= 15 is 0 Å². The lowest BCUT2D eigenvalue weighted by Gasteiger charge is -2.31. The summed E-state index contributed by atoms with van der Waals surface area (Å²) in [5.74, 6) is -0.263. The molecule has 0 bridgehead atoms. The molecule has 24 heavy (non-hydrogen) atoms. The van der Waals surface area contributed by atoms with E-state index in [1.807, 2.05) is 24.3 Å². The molecule has 2 aromatic carbocycles. The molecule has 1 heterocycles. The monoisotopic (exact) mass is 328 g/mol. The number of ether oxygens (including phenoxy) is 1. The first-order valence-electron chi connectivity index (χ1n) is 8.10. The SMILES string of the molecule is CO[C@H]1CCCN(C(=O)Nc2cccc(-c3ccc(F)cc3)c2)C1. The van der Waals surface area contributed by atoms with Gasteiger partial charge in [-0.3, -0.25) is 0 Å². The lowest BCUT2D eigenvalue weighted by molar-refractivity contribution is 0.0458. The van der Waals surface area contributed by atoms with Crippen molar-refractivity contribution in [1.82, 2.24) is 4.90 Å². The number of piperidine rings is 1. The number of hydrogen-bond donors (Lipinski definition) is 1. The molecule has 1 aliphatic heterocycles. The third-order valence-electron chi connectivity index (χ3n) is 4.29. The maximum absolute atomic E-state index is 13.0. The summed E-state index contributed by atoms with van der Waals surface area (Å²) in [7, 11) is 1.68. The number of hydrogen-bond acceptors (Lipinski definition) is 2. The molecular weight excluding hydrogens is 307 g/mol. The number of benzene rings is 2. The van der Waals surface area contributed by atoms with Crippen LogP contribution in [0, 0.1) is 5.82 Å². The van der Waals surface area contributed by atoms with Crippen LogP contribution in [0.25, 0.3) is 11.1 Å². The summed E-state index contributed by atoms with van der Waals surface area (Å²) in [6.07, 6.45) is 2.04. The summed E-state index contributed by atoms with van der Waals surface area (Å²) in [5.41, 5.74) is 2.56. The zero-order valence-electron chi connectivity index (χ0n) is 13.7. The van der Waals surface area contributed by atoms with Crippen LogP contribution in [0.3, 0.4) is 0 Å². The molecule has 126 valence electrons. The first kappa shape index (κ1) is 16.5. The zero-order chi connectivity index (χ0) is 16.9. The molecule has 1 N–H and O–H groups in total. The topological polar surface area (TPSA) is 41.6 Å². The Morgan fingerprint density at radius 1 is 1.21 bits per heavy atom. The minimum Gasteiger partial charge on any atom is -0.380 e. The highest BCUT2D eigenvalue weighted by molar-refractivity contribution is 5.90. The fourth-order valence-electron chi connectivity index (χ4n) is 2.94. The van der Waals surface area contributed by atoms with Gasteiger partial charge >= 0.3 is 6.03 Å². The van der Waals surface area contributed by atoms with Crippen LogP contribution < -0.4 is 5.32 Å². The van der Waals surface area contributed by atoms with E-state index in [2.05, 4.69) is 5.32 Å². The van der Waals surface area contributed by atoms with Crippen LogP contribution in [0.4, 0.5) is 14.9 Å². The smallest absolute Gasteiger partial charge is 0.321 e. The Labute approximate surface area is 141 Å². The van der Waals surface area contributed by atoms with Crippen molar-refractivity contribution in [2.45, 2.75) is 18.9 Å². The molecule has 0 aromatic heterocycles. The average Bonchev–Trinajstić information content (AvgIpc) is 2.62. The third-order valence-corrected chi connectivity index (χ3v) is 4.29. The first-order valence-corrected chi connectivity index (χ1v) is 8.10. The highest BCUT2D eigenvalue weighted by atomic mass is 19.1. The van der Waals surface area contributed by atoms with Crippen molar-refractivity contribution >= 4 is 11.7 Å². The molecule has 1 saturated heterocycles. The Morgan fingerprint density at radius 3 is 2.75 bits per heavy atom. The van der Waals surface area contributed by atoms with Gasteiger partial charge in [0.2, 0.25) is 0 Å². The number of halogens is 1. The summed E-state index contributed by atoms with van der Waals surface area (Å²) >= 11 is 0. The molecular formula is C19H21FN2O2. The number of nitrogens with zero attached hydrogens (tertiary/aromatic N) is 1. The molecule has 2 amide bonds. The number of methoxy groups -OCH3 is 1. The van der Waals surface area contributed by atoms with Crippen molar-refractivity contribution in [3.05, 3.63) is 54.3 Å². The molecule has 5 heteroatoms. The van der Waals surface area contributed by atoms with E-state index in [9.17, 15) is 9.18 Å². The molecule has 0 aliphatic carbocycles. The molecule has 2 aromatic rings. The van der Waals surface area contributed by atoms with Crippen molar-refractivity contribution in [2.24, 2.45) is 0 Å². The van der Waals surface area contributed by atoms with Gasteiger partial charge in [0.15, 0.2) is 0 Å². The second-order valence-electron chi connectivity index (χ2n) is 5.96. The third kappa shape index (κ3) is 3.92. The number of carbonyl (C=O) groups is 1. The van der Waals surface area contributed by atoms with Gasteiger partial charge in [0, 0.05) is 25.9 Å². The molecule has 1 atom stereocenters. The summed E-state index contributed by atoms with van der Waals surface area (Å²) < 4.78 is 18.4. The minimum atomic E-state index is -0.263. The average molecular weight is 328 g/mol. The predicted molar refractivity (Wildman–Crippen MR) is 92.5 cm³/mol. The fraction of sp³-hybridized carbons (Fsp3) is 0.316. The van der Waals surface area contributed by atoms with Gasteiger partial charge in [0.25, 0.3) is 0 Å². The summed E-state index contributed by atoms with van der Waals surface area (Å²) in [4.78, 5) is 14.2. The number of nitrogens with one attached hydrogen (secondary N) is 1. The Bertz CT molecular complexity index is 703. The van der Waals surface area contributed by atoms with Crippen LogP contribution in [0.15, 0.2) is 48.5 Å². The predicted octanol–water partition coefficient (Wildman–Crippen LogP) is 4.14. The van der Waals surface area contributed by atoms with Gasteiger partial charge < -0.3 is 15.0 Å². The molecule has 0 saturated carbocycles. The van der Waals surface area contributed by atoms with Crippen molar-refractivity contribution in [2.75, 3.05) is 25.5 Å². The quantitative estimate of drug-likeness (QED) is 0.920. The second-order valence-corrected chi connectivity index (χ2v) is 5.96. The maximum atomic E-state index is 13.0. The molecule has 0 radical (unpaired) electrons. The van der Waals surface area contributed by atoms with Crippen molar-refractivity contribution in [1.29, 1.82) is 0 Å². The number of anilines is 1. The number of likely N-dealkylation sites (tertiary alicyclic amines) is 1.